The summed E-state index contributed by atoms with van der Waals surface area (Å²) >= 11 is 0. The van der Waals surface area contributed by atoms with Gasteiger partial charge >= 0.3 is 0 Å². The van der Waals surface area contributed by atoms with E-state index in [0.717, 1.165) is 25.8 Å². The summed E-state index contributed by atoms with van der Waals surface area (Å²) in [4.78, 5) is 26.9. The lowest BCUT2D eigenvalue weighted by molar-refractivity contribution is -0.124. The van der Waals surface area contributed by atoms with E-state index in [9.17, 15) is 14.7 Å². The smallest absolute Gasteiger partial charge is 0.163 e. The molecule has 0 aromatic carbocycles. The Bertz CT molecular complexity index is 440. The Morgan fingerprint density at radius 1 is 1.15 bits per heavy atom. The van der Waals surface area contributed by atoms with Crippen LogP contribution >= 0.6 is 0 Å². The average molecular weight is 370 g/mol. The van der Waals surface area contributed by atoms with Crippen molar-refractivity contribution in [2.24, 2.45) is 0 Å². The standard InChI is InChI=1S/C20H39N3O3/c1-6-19(25)17(9-7-8-10-21-14(2)3)22-12-20(26)18-11-16(24)13-23(18)15(4)5/h14-18,21-22,24H,6-13H2,1-5H3. The van der Waals surface area contributed by atoms with Crippen molar-refractivity contribution < 1.29 is 14.7 Å². The van der Waals surface area contributed by atoms with E-state index in [1.54, 1.807) is 0 Å². The lowest BCUT2D eigenvalue weighted by atomic mass is 10.0. The van der Waals surface area contributed by atoms with Crippen LogP contribution in [-0.2, 0) is 9.59 Å². The number of Topliss-reactive ketones (excluding diaryl/α,β-unsaturated/α-hetero) is 2. The van der Waals surface area contributed by atoms with Crippen molar-refractivity contribution in [2.45, 2.75) is 97.0 Å². The summed E-state index contributed by atoms with van der Waals surface area (Å²) in [5.74, 6) is 0.243. The van der Waals surface area contributed by atoms with E-state index in [0.29, 0.717) is 25.4 Å². The number of β-amino-alcohol motifs (C(OH)–C–C–N with tert-alkyl or cyclic N) is 1. The second-order valence-corrected chi connectivity index (χ2v) is 8.02. The molecular weight excluding hydrogens is 330 g/mol. The molecule has 0 amide bonds. The summed E-state index contributed by atoms with van der Waals surface area (Å²) in [5, 5.41) is 16.5. The quantitative estimate of drug-likeness (QED) is 0.427. The van der Waals surface area contributed by atoms with Crippen LogP contribution in [0.1, 0.15) is 66.7 Å². The van der Waals surface area contributed by atoms with Gasteiger partial charge in [-0.15, -0.1) is 0 Å². The van der Waals surface area contributed by atoms with Crippen LogP contribution in [0, 0.1) is 0 Å². The van der Waals surface area contributed by atoms with Gasteiger partial charge in [0.1, 0.15) is 5.78 Å². The number of aliphatic hydroxyl groups is 1. The number of carbonyl (C=O) groups excluding carboxylic acids is 2. The highest BCUT2D eigenvalue weighted by molar-refractivity contribution is 5.88. The zero-order chi connectivity index (χ0) is 19.7. The van der Waals surface area contributed by atoms with Crippen LogP contribution in [0.2, 0.25) is 0 Å². The Balaban J connectivity index is 2.47. The Labute approximate surface area is 159 Å². The molecule has 6 nitrogen and oxygen atoms in total. The molecule has 152 valence electrons. The van der Waals surface area contributed by atoms with E-state index >= 15 is 0 Å². The van der Waals surface area contributed by atoms with Gasteiger partial charge in [-0.3, -0.25) is 14.5 Å². The van der Waals surface area contributed by atoms with Gasteiger partial charge in [0, 0.05) is 25.0 Å². The highest BCUT2D eigenvalue weighted by atomic mass is 16.3. The maximum atomic E-state index is 12.6. The van der Waals surface area contributed by atoms with Crippen molar-refractivity contribution in [1.29, 1.82) is 0 Å². The summed E-state index contributed by atoms with van der Waals surface area (Å²) in [7, 11) is 0. The molecule has 1 heterocycles. The fourth-order valence-corrected chi connectivity index (χ4v) is 3.55. The highest BCUT2D eigenvalue weighted by Gasteiger charge is 2.37. The molecule has 26 heavy (non-hydrogen) atoms. The maximum absolute atomic E-state index is 12.6. The third-order valence-corrected chi connectivity index (χ3v) is 5.08. The van der Waals surface area contributed by atoms with Gasteiger partial charge in [-0.2, -0.15) is 0 Å². The first kappa shape index (κ1) is 23.2. The molecule has 1 aliphatic heterocycles. The molecule has 3 unspecified atom stereocenters. The van der Waals surface area contributed by atoms with Crippen LogP contribution in [0.4, 0.5) is 0 Å². The zero-order valence-corrected chi connectivity index (χ0v) is 17.3. The van der Waals surface area contributed by atoms with Crippen LogP contribution in [0.25, 0.3) is 0 Å². The van der Waals surface area contributed by atoms with E-state index in [1.165, 1.54) is 0 Å². The van der Waals surface area contributed by atoms with Crippen molar-refractivity contribution in [1.82, 2.24) is 15.5 Å². The van der Waals surface area contributed by atoms with Gasteiger partial charge in [-0.25, -0.2) is 0 Å². The first-order chi connectivity index (χ1) is 12.3. The van der Waals surface area contributed by atoms with E-state index < -0.39 is 6.10 Å². The lowest BCUT2D eigenvalue weighted by Gasteiger charge is -2.27. The average Bonchev–Trinajstić information content (AvgIpc) is 2.98. The summed E-state index contributed by atoms with van der Waals surface area (Å²) in [6, 6.07) is 0.207. The number of hydrogen-bond acceptors (Lipinski definition) is 6. The van der Waals surface area contributed by atoms with Gasteiger partial charge in [0.05, 0.1) is 24.7 Å². The Hall–Kier alpha value is -0.820. The number of ketones is 2. The predicted molar refractivity (Wildman–Crippen MR) is 105 cm³/mol. The van der Waals surface area contributed by atoms with E-state index in [-0.39, 0.29) is 36.2 Å². The molecule has 3 N–H and O–H groups in total. The zero-order valence-electron chi connectivity index (χ0n) is 17.3. The fraction of sp³-hybridized carbons (Fsp3) is 0.900. The molecule has 1 fully saturated rings. The minimum Gasteiger partial charge on any atom is -0.392 e. The second-order valence-electron chi connectivity index (χ2n) is 8.02. The van der Waals surface area contributed by atoms with Crippen LogP contribution < -0.4 is 10.6 Å². The maximum Gasteiger partial charge on any atom is 0.163 e. The molecule has 0 aliphatic carbocycles. The molecule has 1 aliphatic rings. The summed E-state index contributed by atoms with van der Waals surface area (Å²) in [5.41, 5.74) is 0. The van der Waals surface area contributed by atoms with Crippen molar-refractivity contribution in [3.8, 4) is 0 Å². The van der Waals surface area contributed by atoms with Gasteiger partial charge < -0.3 is 15.7 Å². The van der Waals surface area contributed by atoms with Crippen LogP contribution in [0.5, 0.6) is 0 Å². The normalized spacial score (nSPS) is 22.3. The molecule has 1 saturated heterocycles. The number of unbranched alkanes of at least 4 members (excludes halogenated alkanes) is 1. The topological polar surface area (TPSA) is 81.7 Å². The highest BCUT2D eigenvalue weighted by Crippen LogP contribution is 2.21. The predicted octanol–water partition coefficient (Wildman–Crippen LogP) is 1.50. The van der Waals surface area contributed by atoms with E-state index in [1.807, 2.05) is 20.8 Å². The van der Waals surface area contributed by atoms with Crippen molar-refractivity contribution in [3.05, 3.63) is 0 Å². The number of rotatable bonds is 13. The minimum absolute atomic E-state index is 0.0747. The first-order valence-corrected chi connectivity index (χ1v) is 10.2. The number of nitrogens with zero attached hydrogens (tertiary/aromatic N) is 1. The minimum atomic E-state index is -0.437. The van der Waals surface area contributed by atoms with Gasteiger partial charge in [0.15, 0.2) is 5.78 Å². The number of hydrogen-bond donors (Lipinski definition) is 3. The summed E-state index contributed by atoms with van der Waals surface area (Å²) in [6.07, 6.45) is 3.28. The molecule has 0 spiro atoms. The SMILES string of the molecule is CCC(=O)C(CCCCNC(C)C)NCC(=O)C1CC(O)CN1C(C)C. The molecule has 0 radical (unpaired) electrons. The molecule has 1 rings (SSSR count). The summed E-state index contributed by atoms with van der Waals surface area (Å²) in [6.45, 7) is 11.9. The van der Waals surface area contributed by atoms with E-state index in [2.05, 4.69) is 29.4 Å². The number of likely N-dealkylation sites (tertiary alicyclic amines) is 1. The van der Waals surface area contributed by atoms with Crippen LogP contribution in [0.15, 0.2) is 0 Å². The first-order valence-electron chi connectivity index (χ1n) is 10.2. The fourth-order valence-electron chi connectivity index (χ4n) is 3.55. The lowest BCUT2D eigenvalue weighted by Crippen LogP contribution is -2.47. The van der Waals surface area contributed by atoms with Crippen LogP contribution in [-0.4, -0.2) is 71.5 Å². The number of aliphatic hydroxyl groups excluding tert-OH is 1. The largest absolute Gasteiger partial charge is 0.392 e. The number of nitrogens with one attached hydrogen (secondary N) is 2. The summed E-state index contributed by atoms with van der Waals surface area (Å²) < 4.78 is 0. The molecule has 0 aromatic heterocycles. The Morgan fingerprint density at radius 2 is 1.85 bits per heavy atom. The molecular formula is C20H39N3O3. The van der Waals surface area contributed by atoms with Crippen molar-refractivity contribution >= 4 is 11.6 Å². The monoisotopic (exact) mass is 369 g/mol. The van der Waals surface area contributed by atoms with Crippen LogP contribution in [0.3, 0.4) is 0 Å². The van der Waals surface area contributed by atoms with Gasteiger partial charge in [0.2, 0.25) is 0 Å². The Kier molecular flexibility index (Phi) is 10.5. The molecule has 0 bridgehead atoms. The van der Waals surface area contributed by atoms with Gasteiger partial charge in [0.25, 0.3) is 0 Å². The molecule has 0 saturated carbocycles. The van der Waals surface area contributed by atoms with Crippen molar-refractivity contribution in [2.75, 3.05) is 19.6 Å². The third-order valence-electron chi connectivity index (χ3n) is 5.08. The molecule has 6 heteroatoms. The third kappa shape index (κ3) is 7.82. The Morgan fingerprint density at radius 3 is 2.42 bits per heavy atom. The van der Waals surface area contributed by atoms with Crippen molar-refractivity contribution in [3.63, 3.8) is 0 Å². The molecule has 3 atom stereocenters. The van der Waals surface area contributed by atoms with E-state index in [4.69, 9.17) is 0 Å². The number of carbonyl (C=O) groups is 2. The molecule has 0 aromatic rings. The van der Waals surface area contributed by atoms with Gasteiger partial charge in [-0.1, -0.05) is 27.2 Å². The second kappa shape index (κ2) is 11.8. The van der Waals surface area contributed by atoms with Gasteiger partial charge in [-0.05, 0) is 39.7 Å².